The lowest BCUT2D eigenvalue weighted by molar-refractivity contribution is 0.0656. The van der Waals surface area contributed by atoms with Gasteiger partial charge in [0.05, 0.1) is 18.8 Å². The average molecular weight is 457 g/mol. The molecule has 29 heavy (non-hydrogen) atoms. The van der Waals surface area contributed by atoms with Crippen LogP contribution in [0, 0.1) is 18.8 Å². The van der Waals surface area contributed by atoms with Crippen LogP contribution in [0.3, 0.4) is 0 Å². The molecule has 6 rings (SSSR count). The van der Waals surface area contributed by atoms with Crippen LogP contribution < -0.4 is 4.74 Å². The van der Waals surface area contributed by atoms with Crippen LogP contribution in [0.2, 0.25) is 0 Å². The number of phenols is 1. The normalized spacial score (nSPS) is 33.3. The maximum absolute atomic E-state index is 10.0. The van der Waals surface area contributed by atoms with Crippen molar-refractivity contribution in [2.75, 3.05) is 7.11 Å². The summed E-state index contributed by atoms with van der Waals surface area (Å²) in [5.41, 5.74) is 4.33. The van der Waals surface area contributed by atoms with Crippen molar-refractivity contribution in [2.24, 2.45) is 11.8 Å². The molecule has 4 aliphatic rings. The van der Waals surface area contributed by atoms with Crippen LogP contribution in [0.4, 0.5) is 0 Å². The van der Waals surface area contributed by atoms with Gasteiger partial charge in [0.25, 0.3) is 0 Å². The maximum Gasteiger partial charge on any atom is 0.160 e. The molecule has 154 valence electrons. The Kier molecular flexibility index (Phi) is 4.90. The third kappa shape index (κ3) is 3.29. The second-order valence-corrected chi connectivity index (χ2v) is 10.0. The van der Waals surface area contributed by atoms with Crippen molar-refractivity contribution in [2.45, 2.75) is 63.1 Å². The first-order valence-corrected chi connectivity index (χ1v) is 11.6. The molecule has 5 unspecified atom stereocenters. The molecule has 2 aromatic carbocycles. The molecule has 1 aliphatic heterocycles. The molecule has 1 N–H and O–H groups in total. The Labute approximate surface area is 181 Å². The van der Waals surface area contributed by atoms with Crippen LogP contribution in [-0.2, 0) is 11.2 Å². The Morgan fingerprint density at radius 3 is 2.69 bits per heavy atom. The fourth-order valence-electron chi connectivity index (χ4n) is 6.36. The Bertz CT molecular complexity index is 909. The minimum Gasteiger partial charge on any atom is -0.504 e. The lowest BCUT2D eigenvalue weighted by Crippen LogP contribution is -2.40. The predicted molar refractivity (Wildman–Crippen MR) is 118 cm³/mol. The van der Waals surface area contributed by atoms with E-state index in [1.54, 1.807) is 7.11 Å². The molecule has 1 heterocycles. The highest BCUT2D eigenvalue weighted by Crippen LogP contribution is 2.66. The van der Waals surface area contributed by atoms with Gasteiger partial charge < -0.3 is 14.6 Å². The standard InChI is InChI=1S/C18H22O3.C7H7Br/c1-20-16-9-13-10(8-15(16)19)2-3-12-11(13)6-7-18-14(12)4-5-17(18)21-18;1-6-3-2-4-7(8)5-6/h8-9,11-12,14,17,19H,2-7H2,1H3;2-5H,1H3. The molecule has 3 fully saturated rings. The SMILES string of the molecule is COc1cc2c(cc1O)CCC1C2CCC23OC2CCC13.Cc1cccc(Br)c1. The largest absolute Gasteiger partial charge is 0.504 e. The van der Waals surface area contributed by atoms with E-state index in [2.05, 4.69) is 41.1 Å². The molecule has 1 spiro atoms. The van der Waals surface area contributed by atoms with Gasteiger partial charge in [0.1, 0.15) is 0 Å². The number of aryl methyl sites for hydroxylation is 2. The Morgan fingerprint density at radius 1 is 1.14 bits per heavy atom. The van der Waals surface area contributed by atoms with E-state index < -0.39 is 0 Å². The molecule has 3 nitrogen and oxygen atoms in total. The Hall–Kier alpha value is -1.52. The quantitative estimate of drug-likeness (QED) is 0.523. The summed E-state index contributed by atoms with van der Waals surface area (Å²) in [7, 11) is 1.64. The van der Waals surface area contributed by atoms with E-state index in [-0.39, 0.29) is 11.4 Å². The van der Waals surface area contributed by atoms with E-state index >= 15 is 0 Å². The van der Waals surface area contributed by atoms with Crippen LogP contribution in [0.1, 0.15) is 54.7 Å². The molecular weight excluding hydrogens is 428 g/mol. The number of fused-ring (bicyclic) bond motifs is 4. The topological polar surface area (TPSA) is 42.0 Å². The van der Waals surface area contributed by atoms with Gasteiger partial charge in [0, 0.05) is 4.47 Å². The van der Waals surface area contributed by atoms with Gasteiger partial charge in [-0.05, 0) is 98.6 Å². The van der Waals surface area contributed by atoms with Crippen LogP contribution in [0.5, 0.6) is 11.5 Å². The van der Waals surface area contributed by atoms with E-state index in [1.807, 2.05) is 18.2 Å². The van der Waals surface area contributed by atoms with Crippen molar-refractivity contribution in [1.29, 1.82) is 0 Å². The van der Waals surface area contributed by atoms with Gasteiger partial charge in [-0.2, -0.15) is 0 Å². The molecule has 3 aliphatic carbocycles. The Morgan fingerprint density at radius 2 is 2.00 bits per heavy atom. The molecule has 2 aromatic rings. The van der Waals surface area contributed by atoms with Crippen LogP contribution in [0.25, 0.3) is 0 Å². The molecule has 2 saturated carbocycles. The summed E-state index contributed by atoms with van der Waals surface area (Å²) >= 11 is 3.36. The van der Waals surface area contributed by atoms with E-state index in [9.17, 15) is 5.11 Å². The van der Waals surface area contributed by atoms with Crippen molar-refractivity contribution >= 4 is 15.9 Å². The first-order valence-electron chi connectivity index (χ1n) is 10.8. The fourth-order valence-corrected chi connectivity index (χ4v) is 6.88. The van der Waals surface area contributed by atoms with Crippen molar-refractivity contribution in [1.82, 2.24) is 0 Å². The first kappa shape index (κ1) is 19.4. The number of ether oxygens (including phenoxy) is 2. The average Bonchev–Trinajstić information content (AvgIpc) is 3.28. The van der Waals surface area contributed by atoms with Crippen LogP contribution in [0.15, 0.2) is 40.9 Å². The molecule has 4 heteroatoms. The maximum atomic E-state index is 10.0. The number of hydrogen-bond acceptors (Lipinski definition) is 3. The summed E-state index contributed by atoms with van der Waals surface area (Å²) in [6.45, 7) is 2.07. The van der Waals surface area contributed by atoms with E-state index in [0.29, 0.717) is 17.8 Å². The highest BCUT2D eigenvalue weighted by atomic mass is 79.9. The van der Waals surface area contributed by atoms with Gasteiger partial charge in [-0.15, -0.1) is 0 Å². The number of hydrogen-bond donors (Lipinski definition) is 1. The minimum atomic E-state index is 0.277. The number of aromatic hydroxyl groups is 1. The van der Waals surface area contributed by atoms with Gasteiger partial charge >= 0.3 is 0 Å². The number of phenolic OH excluding ortho intramolecular Hbond substituents is 1. The van der Waals surface area contributed by atoms with Crippen LogP contribution in [-0.4, -0.2) is 23.9 Å². The second kappa shape index (κ2) is 7.31. The van der Waals surface area contributed by atoms with Crippen molar-refractivity contribution in [3.05, 3.63) is 57.6 Å². The van der Waals surface area contributed by atoms with E-state index in [4.69, 9.17) is 9.47 Å². The summed E-state index contributed by atoms with van der Waals surface area (Å²) in [6.07, 6.45) is 8.03. The Balaban J connectivity index is 0.000000193. The third-order valence-corrected chi connectivity index (χ3v) is 8.16. The molecular formula is C25H29BrO3. The second-order valence-electron chi connectivity index (χ2n) is 9.11. The smallest absolute Gasteiger partial charge is 0.160 e. The summed E-state index contributed by atoms with van der Waals surface area (Å²) in [6, 6.07) is 12.2. The molecule has 1 saturated heterocycles. The van der Waals surface area contributed by atoms with Crippen molar-refractivity contribution in [3.8, 4) is 11.5 Å². The zero-order chi connectivity index (χ0) is 20.2. The molecule has 0 amide bonds. The summed E-state index contributed by atoms with van der Waals surface area (Å²) in [5, 5.41) is 10.0. The first-order chi connectivity index (χ1) is 14.0. The van der Waals surface area contributed by atoms with Crippen molar-refractivity contribution < 1.29 is 14.6 Å². The highest BCUT2D eigenvalue weighted by Gasteiger charge is 2.68. The monoisotopic (exact) mass is 456 g/mol. The summed E-state index contributed by atoms with van der Waals surface area (Å²) in [4.78, 5) is 0. The lowest BCUT2D eigenvalue weighted by Gasteiger charge is -2.44. The van der Waals surface area contributed by atoms with Gasteiger partial charge in [-0.3, -0.25) is 0 Å². The summed E-state index contributed by atoms with van der Waals surface area (Å²) in [5.74, 6) is 3.10. The fraction of sp³-hybridized carbons (Fsp3) is 0.520. The minimum absolute atomic E-state index is 0.277. The highest BCUT2D eigenvalue weighted by molar-refractivity contribution is 9.10. The zero-order valence-corrected chi connectivity index (χ0v) is 18.7. The van der Waals surface area contributed by atoms with E-state index in [1.165, 1.54) is 48.8 Å². The number of rotatable bonds is 1. The number of epoxide rings is 1. The lowest BCUT2D eigenvalue weighted by atomic mass is 9.60. The van der Waals surface area contributed by atoms with Gasteiger partial charge in [-0.25, -0.2) is 0 Å². The van der Waals surface area contributed by atoms with Gasteiger partial charge in [0.2, 0.25) is 0 Å². The van der Waals surface area contributed by atoms with Crippen LogP contribution >= 0.6 is 15.9 Å². The molecule has 0 aromatic heterocycles. The number of halogens is 1. The molecule has 5 atom stereocenters. The van der Waals surface area contributed by atoms with Gasteiger partial charge in [0.15, 0.2) is 11.5 Å². The summed E-state index contributed by atoms with van der Waals surface area (Å²) < 4.78 is 12.6. The molecule has 0 bridgehead atoms. The number of methoxy groups -OCH3 is 1. The van der Waals surface area contributed by atoms with Crippen molar-refractivity contribution in [3.63, 3.8) is 0 Å². The zero-order valence-electron chi connectivity index (χ0n) is 17.2. The molecule has 0 radical (unpaired) electrons. The van der Waals surface area contributed by atoms with E-state index in [0.717, 1.165) is 22.7 Å². The predicted octanol–water partition coefficient (Wildman–Crippen LogP) is 6.15. The van der Waals surface area contributed by atoms with Gasteiger partial charge in [-0.1, -0.05) is 33.6 Å². The third-order valence-electron chi connectivity index (χ3n) is 7.66. The number of benzene rings is 2.